The number of rotatable bonds is 4. The fraction of sp³-hybridized carbons (Fsp3) is 0.368. The van der Waals surface area contributed by atoms with Crippen LogP contribution in [-0.2, 0) is 4.79 Å². The third-order valence-corrected chi connectivity index (χ3v) is 5.79. The molecule has 7 nitrogen and oxygen atoms in total. The van der Waals surface area contributed by atoms with Gasteiger partial charge in [0.1, 0.15) is 18.2 Å². The maximum absolute atomic E-state index is 14.7. The third-order valence-electron chi connectivity index (χ3n) is 5.58. The van der Waals surface area contributed by atoms with E-state index < -0.39 is 30.5 Å². The lowest BCUT2D eigenvalue weighted by molar-refractivity contribution is -0.139. The quantitative estimate of drug-likeness (QED) is 0.590. The second-order valence-corrected chi connectivity index (χ2v) is 8.11. The van der Waals surface area contributed by atoms with Gasteiger partial charge in [0.25, 0.3) is 0 Å². The van der Waals surface area contributed by atoms with Crippen LogP contribution in [0.4, 0.5) is 23.4 Å². The van der Waals surface area contributed by atoms with E-state index in [1.54, 1.807) is 12.3 Å². The van der Waals surface area contributed by atoms with Crippen molar-refractivity contribution >= 4 is 34.4 Å². The normalized spacial score (nSPS) is 22.6. The number of halogens is 5. The SMILES string of the molecule is O=C(NCC(F)(F)F)[C@H]1C[C@H]2C[C@H]2N1c1nc(-c2c[nH]c3ncc(Cl)cc23)ncc1F. The summed E-state index contributed by atoms with van der Waals surface area (Å²) in [5, 5.41) is 2.93. The number of pyridine rings is 1. The Labute approximate surface area is 177 Å². The second kappa shape index (κ2) is 7.04. The summed E-state index contributed by atoms with van der Waals surface area (Å²) in [5.74, 6) is -1.35. The number of carbonyl (C=O) groups excluding carboxylic acids is 1. The highest BCUT2D eigenvalue weighted by molar-refractivity contribution is 6.31. The Morgan fingerprint density at radius 3 is 2.87 bits per heavy atom. The minimum Gasteiger partial charge on any atom is -0.345 e. The van der Waals surface area contributed by atoms with E-state index in [0.717, 1.165) is 12.6 Å². The third kappa shape index (κ3) is 3.67. The highest BCUT2D eigenvalue weighted by atomic mass is 35.5. The van der Waals surface area contributed by atoms with E-state index in [2.05, 4.69) is 19.9 Å². The number of amides is 1. The molecule has 0 bridgehead atoms. The number of H-pyrrole nitrogens is 1. The van der Waals surface area contributed by atoms with Crippen LogP contribution in [0.15, 0.2) is 24.7 Å². The number of hydrogen-bond donors (Lipinski definition) is 2. The summed E-state index contributed by atoms with van der Waals surface area (Å²) in [5.41, 5.74) is 1.08. The van der Waals surface area contributed by atoms with Gasteiger partial charge < -0.3 is 15.2 Å². The molecule has 3 aromatic heterocycles. The van der Waals surface area contributed by atoms with Crippen molar-refractivity contribution in [1.29, 1.82) is 0 Å². The van der Waals surface area contributed by atoms with Crippen molar-refractivity contribution in [3.05, 3.63) is 35.5 Å². The first-order valence-corrected chi connectivity index (χ1v) is 9.87. The summed E-state index contributed by atoms with van der Waals surface area (Å²) in [4.78, 5) is 29.4. The Balaban J connectivity index is 1.49. The molecule has 3 atom stereocenters. The van der Waals surface area contributed by atoms with Crippen molar-refractivity contribution in [2.45, 2.75) is 31.1 Å². The van der Waals surface area contributed by atoms with Crippen molar-refractivity contribution in [3.63, 3.8) is 0 Å². The summed E-state index contributed by atoms with van der Waals surface area (Å²) in [6, 6.07) is 0.600. The summed E-state index contributed by atoms with van der Waals surface area (Å²) in [6.45, 7) is -1.44. The molecule has 0 spiro atoms. The lowest BCUT2D eigenvalue weighted by Crippen LogP contribution is -2.48. The first-order chi connectivity index (χ1) is 14.7. The van der Waals surface area contributed by atoms with Gasteiger partial charge in [0.05, 0.1) is 11.2 Å². The predicted octanol–water partition coefficient (Wildman–Crippen LogP) is 3.46. The van der Waals surface area contributed by atoms with E-state index in [-0.39, 0.29) is 23.6 Å². The molecule has 1 amide bonds. The molecule has 0 unspecified atom stereocenters. The van der Waals surface area contributed by atoms with Crippen LogP contribution in [0, 0.1) is 11.7 Å². The van der Waals surface area contributed by atoms with E-state index in [4.69, 9.17) is 11.6 Å². The first-order valence-electron chi connectivity index (χ1n) is 9.49. The maximum Gasteiger partial charge on any atom is 0.405 e. The lowest BCUT2D eigenvalue weighted by atomic mass is 10.1. The van der Waals surface area contributed by atoms with Gasteiger partial charge >= 0.3 is 6.18 Å². The topological polar surface area (TPSA) is 86.8 Å². The van der Waals surface area contributed by atoms with Gasteiger partial charge in [-0.3, -0.25) is 4.79 Å². The van der Waals surface area contributed by atoms with Crippen molar-refractivity contribution < 1.29 is 22.4 Å². The summed E-state index contributed by atoms with van der Waals surface area (Å²) >= 11 is 6.03. The van der Waals surface area contributed by atoms with Gasteiger partial charge in [-0.25, -0.2) is 19.3 Å². The van der Waals surface area contributed by atoms with Crippen molar-refractivity contribution in [1.82, 2.24) is 25.3 Å². The van der Waals surface area contributed by atoms with Gasteiger partial charge in [0.15, 0.2) is 17.5 Å². The molecule has 0 aromatic carbocycles. The molecule has 1 saturated heterocycles. The van der Waals surface area contributed by atoms with Crippen molar-refractivity contribution in [2.24, 2.45) is 5.92 Å². The molecule has 0 radical (unpaired) electrons. The fourth-order valence-electron chi connectivity index (χ4n) is 4.13. The zero-order valence-electron chi connectivity index (χ0n) is 15.7. The van der Waals surface area contributed by atoms with Crippen LogP contribution >= 0.6 is 11.6 Å². The number of fused-ring (bicyclic) bond motifs is 2. The number of anilines is 1. The second-order valence-electron chi connectivity index (χ2n) is 7.67. The van der Waals surface area contributed by atoms with E-state index in [0.29, 0.717) is 28.0 Å². The molecule has 1 aliphatic carbocycles. The summed E-state index contributed by atoms with van der Waals surface area (Å²) < 4.78 is 52.3. The van der Waals surface area contributed by atoms with Crippen LogP contribution in [-0.4, -0.2) is 50.6 Å². The Hall–Kier alpha value is -2.95. The molecule has 12 heteroatoms. The number of alkyl halides is 3. The number of carbonyl (C=O) groups is 1. The molecule has 162 valence electrons. The molecule has 5 rings (SSSR count). The fourth-order valence-corrected chi connectivity index (χ4v) is 4.29. The number of aromatic amines is 1. The maximum atomic E-state index is 14.7. The smallest absolute Gasteiger partial charge is 0.345 e. The largest absolute Gasteiger partial charge is 0.405 e. The number of piperidine rings is 1. The zero-order valence-corrected chi connectivity index (χ0v) is 16.5. The average Bonchev–Trinajstić information content (AvgIpc) is 3.19. The molecule has 1 aliphatic heterocycles. The van der Waals surface area contributed by atoms with Crippen LogP contribution in [0.3, 0.4) is 0 Å². The van der Waals surface area contributed by atoms with E-state index >= 15 is 0 Å². The highest BCUT2D eigenvalue weighted by Gasteiger charge is 2.55. The minimum absolute atomic E-state index is 0.105. The standard InChI is InChI=1S/C19H15ClF4N6O/c20-9-3-10-11(5-26-15(10)25-4-9)16-27-6-12(21)17(29-16)30-13-1-8(13)2-14(30)18(31)28-7-19(22,23)24/h3-6,8,13-14H,1-2,7H2,(H,25,26)(H,28,31)/t8-,13-,14-/m1/s1. The minimum atomic E-state index is -4.53. The molecular formula is C19H15ClF4N6O. The first kappa shape index (κ1) is 20.0. The Bertz CT molecular complexity index is 1180. The monoisotopic (exact) mass is 454 g/mol. The Morgan fingerprint density at radius 2 is 2.10 bits per heavy atom. The molecule has 4 heterocycles. The van der Waals surface area contributed by atoms with Crippen LogP contribution in [0.2, 0.25) is 5.02 Å². The molecule has 1 saturated carbocycles. The lowest BCUT2D eigenvalue weighted by Gasteiger charge is -2.28. The number of nitrogens with zero attached hydrogens (tertiary/aromatic N) is 4. The molecule has 31 heavy (non-hydrogen) atoms. The molecule has 2 N–H and O–H groups in total. The molecule has 3 aromatic rings. The number of hydrogen-bond acceptors (Lipinski definition) is 5. The van der Waals surface area contributed by atoms with Crippen molar-refractivity contribution in [2.75, 3.05) is 11.4 Å². The van der Waals surface area contributed by atoms with Crippen LogP contribution in [0.25, 0.3) is 22.4 Å². The van der Waals surface area contributed by atoms with Crippen LogP contribution < -0.4 is 10.2 Å². The van der Waals surface area contributed by atoms with Gasteiger partial charge in [-0.15, -0.1) is 0 Å². The predicted molar refractivity (Wildman–Crippen MR) is 104 cm³/mol. The summed E-state index contributed by atoms with van der Waals surface area (Å²) in [7, 11) is 0. The molecule has 2 aliphatic rings. The van der Waals surface area contributed by atoms with Gasteiger partial charge in [-0.2, -0.15) is 13.2 Å². The number of aromatic nitrogens is 4. The molecular weight excluding hydrogens is 440 g/mol. The number of nitrogens with one attached hydrogen (secondary N) is 2. The van der Waals surface area contributed by atoms with E-state index in [1.165, 1.54) is 11.1 Å². The highest BCUT2D eigenvalue weighted by Crippen LogP contribution is 2.50. The van der Waals surface area contributed by atoms with Crippen LogP contribution in [0.1, 0.15) is 12.8 Å². The van der Waals surface area contributed by atoms with Crippen LogP contribution in [0.5, 0.6) is 0 Å². The van der Waals surface area contributed by atoms with Gasteiger partial charge in [0.2, 0.25) is 5.91 Å². The average molecular weight is 455 g/mol. The van der Waals surface area contributed by atoms with Crippen molar-refractivity contribution in [3.8, 4) is 11.4 Å². The van der Waals surface area contributed by atoms with Gasteiger partial charge in [0, 0.05) is 29.4 Å². The Morgan fingerprint density at radius 1 is 1.29 bits per heavy atom. The molecule has 2 fully saturated rings. The Kier molecular flexibility index (Phi) is 4.54. The van der Waals surface area contributed by atoms with Gasteiger partial charge in [-0.1, -0.05) is 11.6 Å². The van der Waals surface area contributed by atoms with Gasteiger partial charge in [-0.05, 0) is 24.8 Å². The van der Waals surface area contributed by atoms with E-state index in [1.807, 2.05) is 5.32 Å². The van der Waals surface area contributed by atoms with E-state index in [9.17, 15) is 22.4 Å². The summed E-state index contributed by atoms with van der Waals surface area (Å²) in [6.07, 6.45) is 0.633. The zero-order chi connectivity index (χ0) is 21.9.